The largest absolute Gasteiger partial charge is 0.364 e. The summed E-state index contributed by atoms with van der Waals surface area (Å²) in [4.78, 5) is 11.5. The lowest BCUT2D eigenvalue weighted by molar-refractivity contribution is -0.131. The van der Waals surface area contributed by atoms with Crippen LogP contribution in [0.15, 0.2) is 0 Å². The molecule has 3 N–H and O–H groups in total. The number of hydrogen-bond acceptors (Lipinski definition) is 3. The summed E-state index contributed by atoms with van der Waals surface area (Å²) in [6.45, 7) is 3.36. The van der Waals surface area contributed by atoms with Crippen molar-refractivity contribution in [2.75, 3.05) is 13.1 Å². The van der Waals surface area contributed by atoms with E-state index in [2.05, 4.69) is 12.2 Å². The average Bonchev–Trinajstić information content (AvgIpc) is 2.66. The highest BCUT2D eigenvalue weighted by Gasteiger charge is 2.29. The zero-order chi connectivity index (χ0) is 10.4. The van der Waals surface area contributed by atoms with E-state index in [0.29, 0.717) is 6.54 Å². The molecule has 1 amide bonds. The Balaban J connectivity index is 2.18. The Hall–Kier alpha value is -0.610. The normalized spacial score (nSPS) is 26.4. The molecular formula is C10H20N2O2. The minimum absolute atomic E-state index is 0.0226. The molecule has 0 saturated carbocycles. The molecule has 0 spiro atoms. The van der Waals surface area contributed by atoms with Gasteiger partial charge in [0, 0.05) is 13.1 Å². The monoisotopic (exact) mass is 200 g/mol. The van der Waals surface area contributed by atoms with Crippen LogP contribution in [0, 0.1) is 0 Å². The highest BCUT2D eigenvalue weighted by molar-refractivity contribution is 5.80. The summed E-state index contributed by atoms with van der Waals surface area (Å²) in [5, 5.41) is 2.87. The lowest BCUT2D eigenvalue weighted by Gasteiger charge is -2.12. The van der Waals surface area contributed by atoms with E-state index in [1.807, 2.05) is 0 Å². The lowest BCUT2D eigenvalue weighted by Crippen LogP contribution is -2.35. The number of carbonyl (C=O) groups is 1. The van der Waals surface area contributed by atoms with Gasteiger partial charge >= 0.3 is 0 Å². The van der Waals surface area contributed by atoms with Gasteiger partial charge in [-0.3, -0.25) is 4.79 Å². The number of nitrogens with one attached hydrogen (secondary N) is 1. The molecule has 1 fully saturated rings. The lowest BCUT2D eigenvalue weighted by atomic mass is 10.2. The van der Waals surface area contributed by atoms with Crippen LogP contribution >= 0.6 is 0 Å². The van der Waals surface area contributed by atoms with Gasteiger partial charge in [-0.05, 0) is 19.3 Å². The van der Waals surface area contributed by atoms with Gasteiger partial charge in [0.15, 0.2) is 0 Å². The number of hydrogen-bond donors (Lipinski definition) is 2. The van der Waals surface area contributed by atoms with Crippen LogP contribution < -0.4 is 11.1 Å². The van der Waals surface area contributed by atoms with Crippen LogP contribution in [0.2, 0.25) is 0 Å². The van der Waals surface area contributed by atoms with Gasteiger partial charge in [0.1, 0.15) is 6.10 Å². The standard InChI is InChI=1S/C10H20N2O2/c1-2-3-6-12-10(13)9-5-4-8(7-11)14-9/h8-9H,2-7,11H2,1H3,(H,12,13). The second-order valence-electron chi connectivity index (χ2n) is 3.70. The summed E-state index contributed by atoms with van der Waals surface area (Å²) in [6, 6.07) is 0. The Labute approximate surface area is 85.2 Å². The SMILES string of the molecule is CCCCNC(=O)C1CCC(CN)O1. The molecule has 82 valence electrons. The van der Waals surface area contributed by atoms with Gasteiger partial charge in [-0.25, -0.2) is 0 Å². The molecule has 14 heavy (non-hydrogen) atoms. The van der Waals surface area contributed by atoms with Gasteiger partial charge in [0.2, 0.25) is 5.91 Å². The van der Waals surface area contributed by atoms with Crippen LogP contribution in [0.5, 0.6) is 0 Å². The zero-order valence-corrected chi connectivity index (χ0v) is 8.79. The predicted octanol–water partition coefficient (Wildman–Crippen LogP) is 0.409. The third kappa shape index (κ3) is 3.27. The number of ether oxygens (including phenoxy) is 1. The van der Waals surface area contributed by atoms with Crippen molar-refractivity contribution in [2.45, 2.75) is 44.8 Å². The van der Waals surface area contributed by atoms with Gasteiger partial charge in [0.25, 0.3) is 0 Å². The third-order valence-electron chi connectivity index (χ3n) is 2.49. The molecule has 1 aliphatic heterocycles. The molecule has 0 aromatic heterocycles. The van der Waals surface area contributed by atoms with Crippen LogP contribution in [-0.2, 0) is 9.53 Å². The van der Waals surface area contributed by atoms with Crippen LogP contribution in [0.1, 0.15) is 32.6 Å². The van der Waals surface area contributed by atoms with Crippen molar-refractivity contribution in [1.29, 1.82) is 0 Å². The molecule has 0 radical (unpaired) electrons. The number of nitrogens with two attached hydrogens (primary N) is 1. The Kier molecular flexibility index (Phi) is 4.90. The minimum Gasteiger partial charge on any atom is -0.364 e. The van der Waals surface area contributed by atoms with Gasteiger partial charge in [0.05, 0.1) is 6.10 Å². The van der Waals surface area contributed by atoms with Gasteiger partial charge in [-0.15, -0.1) is 0 Å². The molecule has 1 heterocycles. The van der Waals surface area contributed by atoms with E-state index in [0.717, 1.165) is 32.2 Å². The van der Waals surface area contributed by atoms with Crippen molar-refractivity contribution in [1.82, 2.24) is 5.32 Å². The molecule has 0 aromatic rings. The summed E-state index contributed by atoms with van der Waals surface area (Å²) in [5.41, 5.74) is 5.46. The summed E-state index contributed by atoms with van der Waals surface area (Å²) in [5.74, 6) is 0.0226. The first-order chi connectivity index (χ1) is 6.77. The van der Waals surface area contributed by atoms with Crippen molar-refractivity contribution in [3.05, 3.63) is 0 Å². The van der Waals surface area contributed by atoms with Gasteiger partial charge < -0.3 is 15.8 Å². The van der Waals surface area contributed by atoms with E-state index < -0.39 is 0 Å². The van der Waals surface area contributed by atoms with Crippen molar-refractivity contribution >= 4 is 5.91 Å². The van der Waals surface area contributed by atoms with Crippen molar-refractivity contribution in [3.8, 4) is 0 Å². The van der Waals surface area contributed by atoms with E-state index in [4.69, 9.17) is 10.5 Å². The fourth-order valence-corrected chi connectivity index (χ4v) is 1.57. The maximum atomic E-state index is 11.5. The van der Waals surface area contributed by atoms with E-state index in [1.165, 1.54) is 0 Å². The number of amides is 1. The maximum Gasteiger partial charge on any atom is 0.249 e. The second kappa shape index (κ2) is 5.98. The first-order valence-electron chi connectivity index (χ1n) is 5.41. The molecular weight excluding hydrogens is 180 g/mol. The van der Waals surface area contributed by atoms with Crippen LogP contribution in [0.3, 0.4) is 0 Å². The van der Waals surface area contributed by atoms with E-state index in [9.17, 15) is 4.79 Å². The van der Waals surface area contributed by atoms with Gasteiger partial charge in [-0.2, -0.15) is 0 Å². The van der Waals surface area contributed by atoms with Gasteiger partial charge in [-0.1, -0.05) is 13.3 Å². The first kappa shape index (κ1) is 11.5. The van der Waals surface area contributed by atoms with E-state index in [-0.39, 0.29) is 18.1 Å². The van der Waals surface area contributed by atoms with Crippen LogP contribution in [-0.4, -0.2) is 31.2 Å². The Morgan fingerprint density at radius 1 is 1.57 bits per heavy atom. The number of rotatable bonds is 5. The first-order valence-corrected chi connectivity index (χ1v) is 5.41. The second-order valence-corrected chi connectivity index (χ2v) is 3.70. The Morgan fingerprint density at radius 2 is 2.36 bits per heavy atom. The molecule has 1 rings (SSSR count). The molecule has 2 unspecified atom stereocenters. The molecule has 0 aromatic carbocycles. The molecule has 1 saturated heterocycles. The molecule has 0 bridgehead atoms. The van der Waals surface area contributed by atoms with Crippen LogP contribution in [0.4, 0.5) is 0 Å². The topological polar surface area (TPSA) is 64.4 Å². The highest BCUT2D eigenvalue weighted by Crippen LogP contribution is 2.18. The smallest absolute Gasteiger partial charge is 0.249 e. The third-order valence-corrected chi connectivity index (χ3v) is 2.49. The summed E-state index contributed by atoms with van der Waals surface area (Å²) in [7, 11) is 0. The quantitative estimate of drug-likeness (QED) is 0.632. The number of unbranched alkanes of at least 4 members (excludes halogenated alkanes) is 1. The Morgan fingerprint density at radius 3 is 2.93 bits per heavy atom. The molecule has 0 aliphatic carbocycles. The fraction of sp³-hybridized carbons (Fsp3) is 0.900. The van der Waals surface area contributed by atoms with Crippen molar-refractivity contribution < 1.29 is 9.53 Å². The zero-order valence-electron chi connectivity index (χ0n) is 8.79. The minimum atomic E-state index is -0.264. The predicted molar refractivity (Wildman–Crippen MR) is 54.9 cm³/mol. The van der Waals surface area contributed by atoms with E-state index in [1.54, 1.807) is 0 Å². The molecule has 4 heteroatoms. The van der Waals surface area contributed by atoms with Crippen LogP contribution in [0.25, 0.3) is 0 Å². The fourth-order valence-electron chi connectivity index (χ4n) is 1.57. The van der Waals surface area contributed by atoms with Crippen molar-refractivity contribution in [2.24, 2.45) is 5.73 Å². The highest BCUT2D eigenvalue weighted by atomic mass is 16.5. The van der Waals surface area contributed by atoms with Crippen molar-refractivity contribution in [3.63, 3.8) is 0 Å². The number of carbonyl (C=O) groups excluding carboxylic acids is 1. The molecule has 4 nitrogen and oxygen atoms in total. The summed E-state index contributed by atoms with van der Waals surface area (Å²) < 4.78 is 5.47. The van der Waals surface area contributed by atoms with E-state index >= 15 is 0 Å². The molecule has 1 aliphatic rings. The maximum absolute atomic E-state index is 11.5. The Bertz CT molecular complexity index is 185. The molecule has 2 atom stereocenters. The summed E-state index contributed by atoms with van der Waals surface area (Å²) >= 11 is 0. The average molecular weight is 200 g/mol. The summed E-state index contributed by atoms with van der Waals surface area (Å²) in [6.07, 6.45) is 3.65.